The maximum Gasteiger partial charge on any atom is 0.361 e. The quantitative estimate of drug-likeness (QED) is 0.505. The second-order valence-electron chi connectivity index (χ2n) is 4.90. The number of nitrogen functional groups attached to an aromatic ring is 1. The average Bonchev–Trinajstić information content (AvgIpc) is 2.97. The second-order valence-corrected chi connectivity index (χ2v) is 8.07. The van der Waals surface area contributed by atoms with E-state index in [0.717, 1.165) is 0 Å². The Labute approximate surface area is 142 Å². The molecule has 0 amide bonds. The van der Waals surface area contributed by atoms with E-state index < -0.39 is 6.72 Å². The highest BCUT2D eigenvalue weighted by atomic mass is 35.7. The molecule has 126 valence electrons. The molecule has 0 saturated carbocycles. The van der Waals surface area contributed by atoms with Crippen LogP contribution in [-0.4, -0.2) is 32.5 Å². The van der Waals surface area contributed by atoms with Crippen LogP contribution in [0.5, 0.6) is 5.75 Å². The van der Waals surface area contributed by atoms with Crippen LogP contribution in [0.25, 0.3) is 11.2 Å². The first-order chi connectivity index (χ1) is 11.6. The van der Waals surface area contributed by atoms with E-state index in [-0.39, 0.29) is 13.0 Å². The lowest BCUT2D eigenvalue weighted by atomic mass is 10.3. The summed E-state index contributed by atoms with van der Waals surface area (Å²) in [5, 5.41) is 0. The lowest BCUT2D eigenvalue weighted by molar-refractivity contribution is 0.163. The maximum absolute atomic E-state index is 12.2. The second kappa shape index (κ2) is 7.17. The van der Waals surface area contributed by atoms with Gasteiger partial charge >= 0.3 is 6.72 Å². The first-order valence-electron chi connectivity index (χ1n) is 7.07. The number of para-hydroxylation sites is 1. The molecule has 0 spiro atoms. The van der Waals surface area contributed by atoms with Crippen LogP contribution in [0.2, 0.25) is 0 Å². The third-order valence-electron chi connectivity index (χ3n) is 3.14. The lowest BCUT2D eigenvalue weighted by Crippen LogP contribution is -2.07. The van der Waals surface area contributed by atoms with Gasteiger partial charge < -0.3 is 19.6 Å². The molecule has 0 aliphatic rings. The molecule has 0 aliphatic carbocycles. The van der Waals surface area contributed by atoms with Gasteiger partial charge in [0.2, 0.25) is 0 Å². The van der Waals surface area contributed by atoms with E-state index >= 15 is 0 Å². The van der Waals surface area contributed by atoms with Crippen molar-refractivity contribution in [1.29, 1.82) is 0 Å². The molecule has 0 fully saturated rings. The van der Waals surface area contributed by atoms with E-state index in [4.69, 9.17) is 26.2 Å². The van der Waals surface area contributed by atoms with Gasteiger partial charge in [-0.1, -0.05) is 18.2 Å². The van der Waals surface area contributed by atoms with Gasteiger partial charge in [0.1, 0.15) is 23.9 Å². The average molecular weight is 368 g/mol. The zero-order valence-corrected chi connectivity index (χ0v) is 14.2. The Hall–Kier alpha value is -2.15. The van der Waals surface area contributed by atoms with E-state index in [1.807, 2.05) is 6.07 Å². The maximum atomic E-state index is 12.2. The van der Waals surface area contributed by atoms with Crippen molar-refractivity contribution >= 4 is 34.9 Å². The van der Waals surface area contributed by atoms with Crippen molar-refractivity contribution < 1.29 is 13.8 Å². The van der Waals surface area contributed by atoms with Crippen molar-refractivity contribution in [3.8, 4) is 5.75 Å². The molecule has 0 bridgehead atoms. The topological polar surface area (TPSA) is 105 Å². The number of imidazole rings is 1. The van der Waals surface area contributed by atoms with E-state index in [0.29, 0.717) is 29.3 Å². The van der Waals surface area contributed by atoms with Gasteiger partial charge in [0.05, 0.1) is 12.9 Å². The molecular weight excluding hydrogens is 353 g/mol. The molecule has 0 saturated heterocycles. The predicted octanol–water partition coefficient (Wildman–Crippen LogP) is 2.89. The summed E-state index contributed by atoms with van der Waals surface area (Å²) in [6.45, 7) is -2.68. The molecule has 8 nitrogen and oxygen atoms in total. The summed E-state index contributed by atoms with van der Waals surface area (Å²) in [6.07, 6.45) is 2.77. The first-order valence-corrected chi connectivity index (χ1v) is 9.79. The minimum Gasteiger partial charge on any atom is -0.431 e. The summed E-state index contributed by atoms with van der Waals surface area (Å²) in [6, 6.07) is 8.72. The van der Waals surface area contributed by atoms with Crippen molar-refractivity contribution in [3.63, 3.8) is 0 Å². The smallest absolute Gasteiger partial charge is 0.361 e. The number of benzene rings is 1. The Kier molecular flexibility index (Phi) is 4.99. The minimum atomic E-state index is -3.40. The van der Waals surface area contributed by atoms with Gasteiger partial charge in [0.15, 0.2) is 11.5 Å². The summed E-state index contributed by atoms with van der Waals surface area (Å²) in [5.41, 5.74) is 6.87. The molecule has 1 unspecified atom stereocenters. The van der Waals surface area contributed by atoms with E-state index in [1.54, 1.807) is 35.2 Å². The Morgan fingerprint density at radius 3 is 2.79 bits per heavy atom. The fourth-order valence-corrected chi connectivity index (χ4v) is 3.35. The van der Waals surface area contributed by atoms with Gasteiger partial charge in [0.25, 0.3) is 0 Å². The largest absolute Gasteiger partial charge is 0.431 e. The third-order valence-corrected chi connectivity index (χ3v) is 4.61. The number of halogens is 1. The third kappa shape index (κ3) is 4.03. The summed E-state index contributed by atoms with van der Waals surface area (Å²) < 4.78 is 24.6. The van der Waals surface area contributed by atoms with Gasteiger partial charge in [-0.3, -0.25) is 4.57 Å². The lowest BCUT2D eigenvalue weighted by Gasteiger charge is -2.13. The molecular formula is C14H15ClN5O3P. The highest BCUT2D eigenvalue weighted by Crippen LogP contribution is 2.52. The SMILES string of the molecule is Nc1ncnc2c1ncn2CCOCP(=O)(Cl)Oc1ccccc1. The molecule has 2 aromatic heterocycles. The molecule has 10 heteroatoms. The number of hydrogen-bond donors (Lipinski definition) is 1. The Balaban J connectivity index is 1.53. The minimum absolute atomic E-state index is 0.201. The summed E-state index contributed by atoms with van der Waals surface area (Å²) >= 11 is 5.90. The van der Waals surface area contributed by atoms with Crippen LogP contribution in [0.15, 0.2) is 43.0 Å². The molecule has 2 heterocycles. The van der Waals surface area contributed by atoms with Crippen molar-refractivity contribution in [2.45, 2.75) is 6.54 Å². The molecule has 24 heavy (non-hydrogen) atoms. The molecule has 3 aromatic rings. The van der Waals surface area contributed by atoms with E-state index in [1.165, 1.54) is 6.33 Å². The number of hydrogen-bond acceptors (Lipinski definition) is 7. The number of anilines is 1. The normalized spacial score (nSPS) is 13.7. The zero-order valence-electron chi connectivity index (χ0n) is 12.6. The monoisotopic (exact) mass is 367 g/mol. The van der Waals surface area contributed by atoms with Crippen LogP contribution in [0.1, 0.15) is 0 Å². The molecule has 2 N–H and O–H groups in total. The van der Waals surface area contributed by atoms with Crippen LogP contribution < -0.4 is 10.3 Å². The fraction of sp³-hybridized carbons (Fsp3) is 0.214. The number of rotatable bonds is 7. The van der Waals surface area contributed by atoms with Crippen molar-refractivity contribution in [2.24, 2.45) is 0 Å². The predicted molar refractivity (Wildman–Crippen MR) is 91.1 cm³/mol. The molecule has 1 aromatic carbocycles. The number of fused-ring (bicyclic) bond motifs is 1. The van der Waals surface area contributed by atoms with Crippen LogP contribution >= 0.6 is 18.0 Å². The first kappa shape index (κ1) is 16.7. The molecule has 0 radical (unpaired) electrons. The number of ether oxygens (including phenoxy) is 1. The number of nitrogens with two attached hydrogens (primary N) is 1. The van der Waals surface area contributed by atoms with Crippen LogP contribution in [0.3, 0.4) is 0 Å². The molecule has 3 rings (SSSR count). The van der Waals surface area contributed by atoms with Crippen LogP contribution in [0.4, 0.5) is 5.82 Å². The standard InChI is InChI=1S/C14H15ClN5O3P/c15-24(21,23-11-4-2-1-3-5-11)10-22-7-6-20-9-19-12-13(16)17-8-18-14(12)20/h1-5,8-9H,6-7,10H2,(H2,16,17,18). The molecule has 0 aliphatic heterocycles. The van der Waals surface area contributed by atoms with Gasteiger partial charge in [0, 0.05) is 6.54 Å². The van der Waals surface area contributed by atoms with Crippen LogP contribution in [-0.2, 0) is 15.8 Å². The highest BCUT2D eigenvalue weighted by molar-refractivity contribution is 7.85. The Morgan fingerprint density at radius 1 is 1.21 bits per heavy atom. The number of aromatic nitrogens is 4. The Bertz CT molecular complexity index is 873. The van der Waals surface area contributed by atoms with Crippen molar-refractivity contribution in [1.82, 2.24) is 19.5 Å². The van der Waals surface area contributed by atoms with Crippen LogP contribution in [0, 0.1) is 0 Å². The van der Waals surface area contributed by atoms with Crippen molar-refractivity contribution in [2.75, 3.05) is 18.7 Å². The summed E-state index contributed by atoms with van der Waals surface area (Å²) in [7, 11) is 0. The summed E-state index contributed by atoms with van der Waals surface area (Å²) in [5.74, 6) is 0.758. The van der Waals surface area contributed by atoms with E-state index in [9.17, 15) is 4.57 Å². The van der Waals surface area contributed by atoms with Gasteiger partial charge in [-0.05, 0) is 23.4 Å². The van der Waals surface area contributed by atoms with Gasteiger partial charge in [-0.15, -0.1) is 0 Å². The Morgan fingerprint density at radius 2 is 2.00 bits per heavy atom. The highest BCUT2D eigenvalue weighted by Gasteiger charge is 2.21. The number of nitrogens with zero attached hydrogens (tertiary/aromatic N) is 4. The molecule has 1 atom stereocenters. The van der Waals surface area contributed by atoms with E-state index in [2.05, 4.69) is 15.0 Å². The zero-order chi connectivity index (χ0) is 17.0. The van der Waals surface area contributed by atoms with Gasteiger partial charge in [-0.25, -0.2) is 15.0 Å². The van der Waals surface area contributed by atoms with Gasteiger partial charge in [-0.2, -0.15) is 0 Å². The van der Waals surface area contributed by atoms with Crippen molar-refractivity contribution in [3.05, 3.63) is 43.0 Å². The summed E-state index contributed by atoms with van der Waals surface area (Å²) in [4.78, 5) is 12.2. The fourth-order valence-electron chi connectivity index (χ4n) is 2.06.